The maximum atomic E-state index is 14.3. The second-order valence-electron chi connectivity index (χ2n) is 5.83. The van der Waals surface area contributed by atoms with Crippen molar-refractivity contribution >= 4 is 5.69 Å². The summed E-state index contributed by atoms with van der Waals surface area (Å²) in [6.45, 7) is 4.24. The number of rotatable bonds is 4. The number of hydrogen-bond donors (Lipinski definition) is 1. The second-order valence-corrected chi connectivity index (χ2v) is 5.83. The third-order valence-corrected chi connectivity index (χ3v) is 4.51. The molecule has 3 nitrogen and oxygen atoms in total. The Morgan fingerprint density at radius 2 is 2.00 bits per heavy atom. The van der Waals surface area contributed by atoms with Crippen LogP contribution in [0.15, 0.2) is 18.2 Å². The number of anilines is 1. The normalized spacial score (nSPS) is 19.1. The van der Waals surface area contributed by atoms with Crippen molar-refractivity contribution < 1.29 is 4.39 Å². The van der Waals surface area contributed by atoms with E-state index in [0.717, 1.165) is 37.2 Å². The number of nitrogens with zero attached hydrogens (tertiary/aromatic N) is 2. The van der Waals surface area contributed by atoms with E-state index in [9.17, 15) is 4.39 Å². The highest BCUT2D eigenvalue weighted by molar-refractivity contribution is 5.56. The minimum atomic E-state index is -0.119. The molecule has 0 bridgehead atoms. The Morgan fingerprint density at radius 3 is 2.60 bits per heavy atom. The van der Waals surface area contributed by atoms with Gasteiger partial charge >= 0.3 is 0 Å². The number of para-hydroxylation sites is 1. The molecule has 1 saturated heterocycles. The molecule has 0 amide bonds. The third-order valence-electron chi connectivity index (χ3n) is 4.51. The maximum Gasteiger partial charge on any atom is 0.146 e. The molecular formula is C16H26FN3. The summed E-state index contributed by atoms with van der Waals surface area (Å²) in [5.74, 6) is -0.119. The molecule has 1 aliphatic heterocycles. The monoisotopic (exact) mass is 279 g/mol. The Morgan fingerprint density at radius 1 is 1.35 bits per heavy atom. The molecule has 1 aromatic rings. The van der Waals surface area contributed by atoms with Gasteiger partial charge in [0.15, 0.2) is 0 Å². The minimum absolute atomic E-state index is 0.119. The van der Waals surface area contributed by atoms with Crippen LogP contribution in [0.1, 0.15) is 31.4 Å². The summed E-state index contributed by atoms with van der Waals surface area (Å²) in [6, 6.07) is 5.95. The van der Waals surface area contributed by atoms with Crippen molar-refractivity contribution in [2.45, 2.75) is 31.8 Å². The number of benzene rings is 1. The van der Waals surface area contributed by atoms with E-state index in [1.807, 2.05) is 20.2 Å². The Balaban J connectivity index is 2.26. The first-order valence-corrected chi connectivity index (χ1v) is 7.41. The molecule has 0 radical (unpaired) electrons. The molecule has 1 atom stereocenters. The Bertz CT molecular complexity index is 441. The van der Waals surface area contributed by atoms with Gasteiger partial charge in [-0.1, -0.05) is 12.1 Å². The van der Waals surface area contributed by atoms with Gasteiger partial charge in [0.25, 0.3) is 0 Å². The second kappa shape index (κ2) is 6.55. The summed E-state index contributed by atoms with van der Waals surface area (Å²) in [5.41, 5.74) is 1.79. The zero-order chi connectivity index (χ0) is 14.7. The fourth-order valence-electron chi connectivity index (χ4n) is 2.97. The fraction of sp³-hybridized carbons (Fsp3) is 0.625. The van der Waals surface area contributed by atoms with Crippen molar-refractivity contribution in [2.24, 2.45) is 0 Å². The van der Waals surface area contributed by atoms with E-state index in [1.165, 1.54) is 0 Å². The lowest BCUT2D eigenvalue weighted by molar-refractivity contribution is 0.252. The summed E-state index contributed by atoms with van der Waals surface area (Å²) in [5, 5.41) is 3.21. The van der Waals surface area contributed by atoms with Crippen molar-refractivity contribution in [3.63, 3.8) is 0 Å². The molecule has 0 aliphatic carbocycles. The van der Waals surface area contributed by atoms with Gasteiger partial charge in [-0.15, -0.1) is 0 Å². The van der Waals surface area contributed by atoms with Gasteiger partial charge in [-0.3, -0.25) is 0 Å². The molecule has 1 aliphatic rings. The molecule has 1 N–H and O–H groups in total. The van der Waals surface area contributed by atoms with E-state index in [-0.39, 0.29) is 11.9 Å². The van der Waals surface area contributed by atoms with Crippen LogP contribution >= 0.6 is 0 Å². The summed E-state index contributed by atoms with van der Waals surface area (Å²) < 4.78 is 14.3. The van der Waals surface area contributed by atoms with Gasteiger partial charge in [-0.05, 0) is 58.6 Å². The first-order valence-electron chi connectivity index (χ1n) is 7.41. The molecule has 1 fully saturated rings. The first-order chi connectivity index (χ1) is 9.54. The van der Waals surface area contributed by atoms with Crippen LogP contribution < -0.4 is 10.2 Å². The predicted molar refractivity (Wildman–Crippen MR) is 82.8 cm³/mol. The van der Waals surface area contributed by atoms with Crippen LogP contribution in [0.25, 0.3) is 0 Å². The Hall–Kier alpha value is -1.13. The van der Waals surface area contributed by atoms with Crippen molar-refractivity contribution in [3.05, 3.63) is 29.6 Å². The molecule has 112 valence electrons. The largest absolute Gasteiger partial charge is 0.369 e. The fourth-order valence-corrected chi connectivity index (χ4v) is 2.97. The quantitative estimate of drug-likeness (QED) is 0.914. The summed E-state index contributed by atoms with van der Waals surface area (Å²) in [4.78, 5) is 4.48. The van der Waals surface area contributed by atoms with Crippen LogP contribution in [0.5, 0.6) is 0 Å². The molecular weight excluding hydrogens is 253 g/mol. The lowest BCUT2D eigenvalue weighted by atomic mass is 9.99. The van der Waals surface area contributed by atoms with Crippen LogP contribution in [0.3, 0.4) is 0 Å². The number of likely N-dealkylation sites (tertiary alicyclic amines) is 1. The number of piperidine rings is 1. The average Bonchev–Trinajstić information content (AvgIpc) is 2.46. The van der Waals surface area contributed by atoms with Crippen molar-refractivity contribution in [1.82, 2.24) is 10.2 Å². The maximum absolute atomic E-state index is 14.3. The van der Waals surface area contributed by atoms with Crippen molar-refractivity contribution in [2.75, 3.05) is 39.1 Å². The van der Waals surface area contributed by atoms with Crippen LogP contribution in [0.4, 0.5) is 10.1 Å². The molecule has 20 heavy (non-hydrogen) atoms. The van der Waals surface area contributed by atoms with Gasteiger partial charge < -0.3 is 15.1 Å². The van der Waals surface area contributed by atoms with Gasteiger partial charge in [0.05, 0.1) is 5.69 Å². The molecule has 0 aromatic heterocycles. The minimum Gasteiger partial charge on any atom is -0.369 e. The van der Waals surface area contributed by atoms with Gasteiger partial charge in [0.1, 0.15) is 5.82 Å². The molecule has 1 aromatic carbocycles. The number of hydrogen-bond acceptors (Lipinski definition) is 3. The van der Waals surface area contributed by atoms with Crippen molar-refractivity contribution in [1.29, 1.82) is 0 Å². The van der Waals surface area contributed by atoms with E-state index in [1.54, 1.807) is 12.1 Å². The van der Waals surface area contributed by atoms with Gasteiger partial charge in [-0.2, -0.15) is 0 Å². The predicted octanol–water partition coefficient (Wildman–Crippen LogP) is 2.64. The highest BCUT2D eigenvalue weighted by Gasteiger charge is 2.25. The molecule has 1 heterocycles. The Labute approximate surface area is 121 Å². The molecule has 4 heteroatoms. The highest BCUT2D eigenvalue weighted by Crippen LogP contribution is 2.31. The SMILES string of the molecule is CNC(C)c1cccc(F)c1N(C)C1CCN(C)CC1. The van der Waals surface area contributed by atoms with E-state index in [0.29, 0.717) is 6.04 Å². The van der Waals surface area contributed by atoms with Crippen molar-refractivity contribution in [3.8, 4) is 0 Å². The zero-order valence-corrected chi connectivity index (χ0v) is 13.0. The number of nitrogens with one attached hydrogen (secondary N) is 1. The van der Waals surface area contributed by atoms with E-state index < -0.39 is 0 Å². The van der Waals surface area contributed by atoms with Gasteiger partial charge in [0, 0.05) is 19.1 Å². The smallest absolute Gasteiger partial charge is 0.146 e. The zero-order valence-electron chi connectivity index (χ0n) is 13.0. The van der Waals surface area contributed by atoms with Gasteiger partial charge in [0.2, 0.25) is 0 Å². The van der Waals surface area contributed by atoms with Crippen LogP contribution in [-0.4, -0.2) is 45.2 Å². The number of halogens is 1. The molecule has 2 rings (SSSR count). The van der Waals surface area contributed by atoms with Crippen LogP contribution in [0.2, 0.25) is 0 Å². The van der Waals surface area contributed by atoms with Crippen LogP contribution in [-0.2, 0) is 0 Å². The average molecular weight is 279 g/mol. The van der Waals surface area contributed by atoms with Crippen LogP contribution in [0, 0.1) is 5.82 Å². The first kappa shape index (κ1) is 15.3. The van der Waals surface area contributed by atoms with E-state index >= 15 is 0 Å². The van der Waals surface area contributed by atoms with Gasteiger partial charge in [-0.25, -0.2) is 4.39 Å². The summed E-state index contributed by atoms with van der Waals surface area (Å²) in [7, 11) is 6.09. The third kappa shape index (κ3) is 3.13. The lowest BCUT2D eigenvalue weighted by Crippen LogP contribution is -2.42. The molecule has 0 spiro atoms. The topological polar surface area (TPSA) is 18.5 Å². The summed E-state index contributed by atoms with van der Waals surface area (Å²) in [6.07, 6.45) is 2.18. The highest BCUT2D eigenvalue weighted by atomic mass is 19.1. The van der Waals surface area contributed by atoms with E-state index in [4.69, 9.17) is 0 Å². The lowest BCUT2D eigenvalue weighted by Gasteiger charge is -2.37. The van der Waals surface area contributed by atoms with E-state index in [2.05, 4.69) is 29.1 Å². The molecule has 1 unspecified atom stereocenters. The summed E-state index contributed by atoms with van der Waals surface area (Å²) >= 11 is 0. The Kier molecular flexibility index (Phi) is 5.00. The standard InChI is InChI=1S/C16H26FN3/c1-12(18-2)14-6-5-7-15(17)16(14)20(4)13-8-10-19(3)11-9-13/h5-7,12-13,18H,8-11H2,1-4H3. The molecule has 0 saturated carbocycles.